The van der Waals surface area contributed by atoms with Crippen LogP contribution in [0.5, 0.6) is 0 Å². The highest BCUT2D eigenvalue weighted by Gasteiger charge is 2.26. The van der Waals surface area contributed by atoms with Gasteiger partial charge in [-0.2, -0.15) is 0 Å². The summed E-state index contributed by atoms with van der Waals surface area (Å²) in [4.78, 5) is 25.5. The molecule has 0 bridgehead atoms. The molecule has 25 heavy (non-hydrogen) atoms. The number of nitrogens with one attached hydrogen (secondary N) is 1. The standard InChI is InChI=1S/C19H28N2O4/c1-13(22)17(23)21-10-8-14(9-11-21)15-6-5-7-16(12-15)20-18(24)25-19(2,3)4/h5-7,12-14,22H,8-11H2,1-4H3,(H,20,24). The van der Waals surface area contributed by atoms with Gasteiger partial charge in [0.05, 0.1) is 0 Å². The minimum atomic E-state index is -0.946. The molecule has 0 saturated carbocycles. The first-order chi connectivity index (χ1) is 11.7. The van der Waals surface area contributed by atoms with Crippen LogP contribution in [0.3, 0.4) is 0 Å². The quantitative estimate of drug-likeness (QED) is 0.880. The molecular weight excluding hydrogens is 320 g/mol. The molecule has 1 unspecified atom stereocenters. The van der Waals surface area contributed by atoms with Crippen LogP contribution in [0.4, 0.5) is 10.5 Å². The average molecular weight is 348 g/mol. The number of anilines is 1. The molecule has 2 rings (SSSR count). The molecule has 1 heterocycles. The lowest BCUT2D eigenvalue weighted by atomic mass is 9.89. The van der Waals surface area contributed by atoms with Gasteiger partial charge in [-0.05, 0) is 64.2 Å². The van der Waals surface area contributed by atoms with Crippen molar-refractivity contribution in [2.24, 2.45) is 0 Å². The average Bonchev–Trinajstić information content (AvgIpc) is 2.52. The molecule has 1 fully saturated rings. The number of aliphatic hydroxyl groups excluding tert-OH is 1. The number of hydrogen-bond donors (Lipinski definition) is 2. The van der Waals surface area contributed by atoms with E-state index in [1.165, 1.54) is 6.92 Å². The van der Waals surface area contributed by atoms with Crippen molar-refractivity contribution in [3.63, 3.8) is 0 Å². The summed E-state index contributed by atoms with van der Waals surface area (Å²) in [6.07, 6.45) is 0.266. The number of ether oxygens (including phenoxy) is 1. The van der Waals surface area contributed by atoms with Gasteiger partial charge in [0.1, 0.15) is 11.7 Å². The number of nitrogens with zero attached hydrogens (tertiary/aromatic N) is 1. The van der Waals surface area contributed by atoms with E-state index in [-0.39, 0.29) is 5.91 Å². The molecule has 0 aliphatic carbocycles. The molecule has 6 heteroatoms. The van der Waals surface area contributed by atoms with Gasteiger partial charge in [0.2, 0.25) is 0 Å². The molecule has 0 radical (unpaired) electrons. The van der Waals surface area contributed by atoms with Crippen LogP contribution in [0.25, 0.3) is 0 Å². The van der Waals surface area contributed by atoms with Crippen LogP contribution in [0.1, 0.15) is 52.0 Å². The van der Waals surface area contributed by atoms with Gasteiger partial charge in [-0.3, -0.25) is 10.1 Å². The summed E-state index contributed by atoms with van der Waals surface area (Å²) in [5.41, 5.74) is 1.30. The number of carbonyl (C=O) groups excluding carboxylic acids is 2. The smallest absolute Gasteiger partial charge is 0.412 e. The Morgan fingerprint density at radius 3 is 2.48 bits per heavy atom. The molecule has 1 aliphatic heterocycles. The maximum absolute atomic E-state index is 11.9. The predicted molar refractivity (Wildman–Crippen MR) is 96.5 cm³/mol. The van der Waals surface area contributed by atoms with Gasteiger partial charge in [-0.15, -0.1) is 0 Å². The first-order valence-corrected chi connectivity index (χ1v) is 8.72. The van der Waals surface area contributed by atoms with Gasteiger partial charge < -0.3 is 14.7 Å². The van der Waals surface area contributed by atoms with Crippen LogP contribution in [0, 0.1) is 0 Å². The molecule has 1 aromatic rings. The number of likely N-dealkylation sites (tertiary alicyclic amines) is 1. The molecule has 2 N–H and O–H groups in total. The molecule has 1 aromatic carbocycles. The third-order valence-electron chi connectivity index (χ3n) is 4.17. The minimum Gasteiger partial charge on any atom is -0.444 e. The van der Waals surface area contributed by atoms with Crippen molar-refractivity contribution in [1.82, 2.24) is 4.90 Å². The van der Waals surface area contributed by atoms with Crippen molar-refractivity contribution in [2.75, 3.05) is 18.4 Å². The van der Waals surface area contributed by atoms with Crippen molar-refractivity contribution in [3.8, 4) is 0 Å². The summed E-state index contributed by atoms with van der Waals surface area (Å²) < 4.78 is 5.27. The lowest BCUT2D eigenvalue weighted by Gasteiger charge is -2.33. The first kappa shape index (κ1) is 19.2. The highest BCUT2D eigenvalue weighted by atomic mass is 16.6. The van der Waals surface area contributed by atoms with Gasteiger partial charge in [-0.1, -0.05) is 12.1 Å². The number of amides is 2. The van der Waals surface area contributed by atoms with Crippen LogP contribution in [0.2, 0.25) is 0 Å². The fourth-order valence-electron chi connectivity index (χ4n) is 2.99. The second-order valence-electron chi connectivity index (χ2n) is 7.53. The van der Waals surface area contributed by atoms with Crippen molar-refractivity contribution in [2.45, 2.75) is 58.2 Å². The first-order valence-electron chi connectivity index (χ1n) is 8.72. The van der Waals surface area contributed by atoms with E-state index < -0.39 is 17.8 Å². The topological polar surface area (TPSA) is 78.9 Å². The van der Waals surface area contributed by atoms with Gasteiger partial charge in [0.15, 0.2) is 0 Å². The highest BCUT2D eigenvalue weighted by Crippen LogP contribution is 2.30. The van der Waals surface area contributed by atoms with Crippen LogP contribution in [-0.2, 0) is 9.53 Å². The summed E-state index contributed by atoms with van der Waals surface area (Å²) in [6, 6.07) is 7.74. The molecule has 0 aromatic heterocycles. The number of piperidine rings is 1. The molecular formula is C19H28N2O4. The zero-order valence-electron chi connectivity index (χ0n) is 15.4. The Bertz CT molecular complexity index is 614. The Hall–Kier alpha value is -2.08. The summed E-state index contributed by atoms with van der Waals surface area (Å²) in [6.45, 7) is 8.25. The maximum Gasteiger partial charge on any atom is 0.412 e. The number of rotatable bonds is 3. The van der Waals surface area contributed by atoms with E-state index in [0.29, 0.717) is 24.7 Å². The molecule has 1 saturated heterocycles. The Labute approximate surface area is 149 Å². The zero-order valence-corrected chi connectivity index (χ0v) is 15.4. The normalized spacial score (nSPS) is 17.1. The molecule has 1 atom stereocenters. The second kappa shape index (κ2) is 7.87. The Morgan fingerprint density at radius 2 is 1.92 bits per heavy atom. The third-order valence-corrected chi connectivity index (χ3v) is 4.17. The predicted octanol–water partition coefficient (Wildman–Crippen LogP) is 3.12. The van der Waals surface area contributed by atoms with Crippen LogP contribution < -0.4 is 5.32 Å². The molecule has 6 nitrogen and oxygen atoms in total. The van der Waals surface area contributed by atoms with Crippen molar-refractivity contribution < 1.29 is 19.4 Å². The Kier molecular flexibility index (Phi) is 6.06. The van der Waals surface area contributed by atoms with E-state index in [1.807, 2.05) is 45.0 Å². The van der Waals surface area contributed by atoms with E-state index in [2.05, 4.69) is 5.32 Å². The zero-order chi connectivity index (χ0) is 18.6. The van der Waals surface area contributed by atoms with Gasteiger partial charge >= 0.3 is 6.09 Å². The van der Waals surface area contributed by atoms with E-state index in [0.717, 1.165) is 18.4 Å². The summed E-state index contributed by atoms with van der Waals surface area (Å²) in [5, 5.41) is 12.2. The fourth-order valence-corrected chi connectivity index (χ4v) is 2.99. The van der Waals surface area contributed by atoms with E-state index in [4.69, 9.17) is 4.74 Å². The molecule has 1 aliphatic rings. The summed E-state index contributed by atoms with van der Waals surface area (Å²) in [7, 11) is 0. The van der Waals surface area contributed by atoms with Gasteiger partial charge in [0, 0.05) is 18.8 Å². The van der Waals surface area contributed by atoms with Gasteiger partial charge in [0.25, 0.3) is 5.91 Å². The van der Waals surface area contributed by atoms with E-state index >= 15 is 0 Å². The second-order valence-corrected chi connectivity index (χ2v) is 7.53. The number of carbonyl (C=O) groups is 2. The summed E-state index contributed by atoms with van der Waals surface area (Å²) >= 11 is 0. The lowest BCUT2D eigenvalue weighted by Crippen LogP contribution is -2.42. The maximum atomic E-state index is 11.9. The molecule has 138 valence electrons. The lowest BCUT2D eigenvalue weighted by molar-refractivity contribution is -0.140. The van der Waals surface area contributed by atoms with Crippen molar-refractivity contribution >= 4 is 17.7 Å². The highest BCUT2D eigenvalue weighted by molar-refractivity contribution is 5.85. The van der Waals surface area contributed by atoms with Gasteiger partial charge in [-0.25, -0.2) is 4.79 Å². The SMILES string of the molecule is CC(O)C(=O)N1CCC(c2cccc(NC(=O)OC(C)(C)C)c2)CC1. The van der Waals surface area contributed by atoms with Crippen LogP contribution in [0.15, 0.2) is 24.3 Å². The minimum absolute atomic E-state index is 0.209. The van der Waals surface area contributed by atoms with Crippen molar-refractivity contribution in [1.29, 1.82) is 0 Å². The van der Waals surface area contributed by atoms with Crippen LogP contribution in [-0.4, -0.2) is 46.8 Å². The number of aliphatic hydroxyl groups is 1. The number of benzene rings is 1. The monoisotopic (exact) mass is 348 g/mol. The van der Waals surface area contributed by atoms with Crippen LogP contribution >= 0.6 is 0 Å². The Morgan fingerprint density at radius 1 is 1.28 bits per heavy atom. The fraction of sp³-hybridized carbons (Fsp3) is 0.579. The largest absolute Gasteiger partial charge is 0.444 e. The molecule has 0 spiro atoms. The number of hydrogen-bond acceptors (Lipinski definition) is 4. The van der Waals surface area contributed by atoms with Crippen molar-refractivity contribution in [3.05, 3.63) is 29.8 Å². The van der Waals surface area contributed by atoms with E-state index in [1.54, 1.807) is 4.90 Å². The Balaban J connectivity index is 1.96. The third kappa shape index (κ3) is 5.74. The van der Waals surface area contributed by atoms with E-state index in [9.17, 15) is 14.7 Å². The molecule has 2 amide bonds. The summed E-state index contributed by atoms with van der Waals surface area (Å²) in [5.74, 6) is 0.122.